The highest BCUT2D eigenvalue weighted by atomic mass is 19.3. The fraction of sp³-hybridized carbons (Fsp3) is 0.667. The molecule has 0 bridgehead atoms. The van der Waals surface area contributed by atoms with E-state index in [2.05, 4.69) is 5.10 Å². The number of hydrogen-bond donors (Lipinski definition) is 0. The lowest BCUT2D eigenvalue weighted by molar-refractivity contribution is 0.0562. The fourth-order valence-electron chi connectivity index (χ4n) is 1.32. The maximum Gasteiger partial charge on any atom is 0.333 e. The summed E-state index contributed by atoms with van der Waals surface area (Å²) in [6.07, 6.45) is 1.42. The zero-order valence-corrected chi connectivity index (χ0v) is 8.31. The summed E-state index contributed by atoms with van der Waals surface area (Å²) in [6.45, 7) is 5.14. The quantitative estimate of drug-likeness (QED) is 0.662. The molecule has 0 N–H and O–H groups in total. The predicted octanol–water partition coefficient (Wildman–Crippen LogP) is 2.88. The lowest BCUT2D eigenvalue weighted by Crippen LogP contribution is -2.11. The Morgan fingerprint density at radius 2 is 1.92 bits per heavy atom. The van der Waals surface area contributed by atoms with Crippen LogP contribution in [-0.4, -0.2) is 9.78 Å². The van der Waals surface area contributed by atoms with Crippen molar-refractivity contribution in [2.45, 2.75) is 39.7 Å². The summed E-state index contributed by atoms with van der Waals surface area (Å²) < 4.78 is 25.2. The summed E-state index contributed by atoms with van der Waals surface area (Å²) in [6, 6.07) is 0. The van der Waals surface area contributed by atoms with Crippen molar-refractivity contribution >= 4 is 0 Å². The third-order valence-electron chi connectivity index (χ3n) is 1.92. The van der Waals surface area contributed by atoms with E-state index in [1.165, 1.54) is 6.20 Å². The summed E-state index contributed by atoms with van der Waals surface area (Å²) in [5, 5.41) is 3.74. The molecule has 0 unspecified atom stereocenters. The lowest BCUT2D eigenvalue weighted by Gasteiger charge is -2.16. The summed E-state index contributed by atoms with van der Waals surface area (Å²) in [7, 11) is 0. The molecule has 4 heteroatoms. The molecule has 1 rings (SSSR count). The first-order valence-electron chi connectivity index (χ1n) is 4.17. The first-order chi connectivity index (χ1) is 5.82. The van der Waals surface area contributed by atoms with Crippen LogP contribution in [-0.2, 0) is 5.41 Å². The Kier molecular flexibility index (Phi) is 2.41. The van der Waals surface area contributed by atoms with Gasteiger partial charge in [0.05, 0.1) is 5.69 Å². The highest BCUT2D eigenvalue weighted by Crippen LogP contribution is 2.26. The summed E-state index contributed by atoms with van der Waals surface area (Å²) in [5.41, 5.74) is 1.41. The van der Waals surface area contributed by atoms with Crippen molar-refractivity contribution in [3.63, 3.8) is 0 Å². The third kappa shape index (κ3) is 2.05. The average molecular weight is 188 g/mol. The van der Waals surface area contributed by atoms with Crippen molar-refractivity contribution in [3.05, 3.63) is 17.5 Å². The van der Waals surface area contributed by atoms with Gasteiger partial charge in [-0.3, -0.25) is 0 Å². The summed E-state index contributed by atoms with van der Waals surface area (Å²) in [5.74, 6) is 0. The first-order valence-corrected chi connectivity index (χ1v) is 4.17. The van der Waals surface area contributed by atoms with Crippen LogP contribution in [0.3, 0.4) is 0 Å². The van der Waals surface area contributed by atoms with Crippen molar-refractivity contribution in [2.24, 2.45) is 0 Å². The molecule has 0 aromatic carbocycles. The van der Waals surface area contributed by atoms with Gasteiger partial charge in [0.15, 0.2) is 0 Å². The second kappa shape index (κ2) is 3.09. The van der Waals surface area contributed by atoms with E-state index in [0.717, 1.165) is 5.56 Å². The molecule has 0 saturated carbocycles. The molecule has 0 radical (unpaired) electrons. The van der Waals surface area contributed by atoms with Crippen LogP contribution < -0.4 is 0 Å². The van der Waals surface area contributed by atoms with Crippen molar-refractivity contribution in [3.8, 4) is 0 Å². The minimum Gasteiger partial charge on any atom is -0.211 e. The van der Waals surface area contributed by atoms with Crippen molar-refractivity contribution in [2.75, 3.05) is 0 Å². The number of hydrogen-bond acceptors (Lipinski definition) is 1. The van der Waals surface area contributed by atoms with Gasteiger partial charge in [-0.2, -0.15) is 13.9 Å². The van der Waals surface area contributed by atoms with E-state index in [9.17, 15) is 8.78 Å². The van der Waals surface area contributed by atoms with Crippen LogP contribution in [0.1, 0.15) is 38.6 Å². The van der Waals surface area contributed by atoms with Crippen molar-refractivity contribution in [1.29, 1.82) is 0 Å². The normalized spacial score (nSPS) is 12.5. The molecule has 1 aromatic heterocycles. The van der Waals surface area contributed by atoms with Gasteiger partial charge in [-0.05, 0) is 17.9 Å². The number of alkyl halides is 2. The van der Waals surface area contributed by atoms with Gasteiger partial charge in [-0.25, -0.2) is 4.68 Å². The first kappa shape index (κ1) is 10.2. The second-order valence-corrected chi connectivity index (χ2v) is 4.14. The number of halogens is 2. The number of aryl methyl sites for hydroxylation is 1. The molecule has 0 aliphatic carbocycles. The van der Waals surface area contributed by atoms with Crippen LogP contribution in [0.15, 0.2) is 6.20 Å². The molecule has 0 fully saturated rings. The molecule has 1 heterocycles. The molecule has 0 saturated heterocycles. The van der Waals surface area contributed by atoms with E-state index in [-0.39, 0.29) is 5.41 Å². The Balaban J connectivity index is 3.11. The highest BCUT2D eigenvalue weighted by Gasteiger charge is 2.21. The molecule has 13 heavy (non-hydrogen) atoms. The van der Waals surface area contributed by atoms with Crippen molar-refractivity contribution in [1.82, 2.24) is 9.78 Å². The Morgan fingerprint density at radius 3 is 2.15 bits per heavy atom. The van der Waals surface area contributed by atoms with Gasteiger partial charge in [0, 0.05) is 6.20 Å². The van der Waals surface area contributed by atoms with Crippen LogP contribution in [0.2, 0.25) is 0 Å². The zero-order chi connectivity index (χ0) is 10.2. The van der Waals surface area contributed by atoms with Gasteiger partial charge in [-0.15, -0.1) is 0 Å². The van der Waals surface area contributed by atoms with Crippen LogP contribution in [0, 0.1) is 6.92 Å². The molecule has 0 spiro atoms. The van der Waals surface area contributed by atoms with Crippen LogP contribution in [0.5, 0.6) is 0 Å². The SMILES string of the molecule is Cc1nn(C(F)F)cc1C(C)(C)C. The molecule has 0 aliphatic rings. The Hall–Kier alpha value is -0.930. The van der Waals surface area contributed by atoms with E-state index in [4.69, 9.17) is 0 Å². The van der Waals surface area contributed by atoms with Gasteiger partial charge in [0.1, 0.15) is 0 Å². The van der Waals surface area contributed by atoms with E-state index in [0.29, 0.717) is 10.4 Å². The van der Waals surface area contributed by atoms with E-state index in [1.807, 2.05) is 20.8 Å². The van der Waals surface area contributed by atoms with Gasteiger partial charge in [0.2, 0.25) is 0 Å². The van der Waals surface area contributed by atoms with E-state index < -0.39 is 6.55 Å². The molecule has 74 valence electrons. The topological polar surface area (TPSA) is 17.8 Å². The van der Waals surface area contributed by atoms with Crippen LogP contribution >= 0.6 is 0 Å². The van der Waals surface area contributed by atoms with Gasteiger partial charge in [-0.1, -0.05) is 20.8 Å². The smallest absolute Gasteiger partial charge is 0.211 e. The molecule has 0 amide bonds. The maximum absolute atomic E-state index is 12.2. The number of rotatable bonds is 1. The number of aromatic nitrogens is 2. The van der Waals surface area contributed by atoms with E-state index >= 15 is 0 Å². The van der Waals surface area contributed by atoms with E-state index in [1.54, 1.807) is 6.92 Å². The second-order valence-electron chi connectivity index (χ2n) is 4.14. The zero-order valence-electron chi connectivity index (χ0n) is 8.31. The maximum atomic E-state index is 12.2. The standard InChI is InChI=1S/C9H14F2N2/c1-6-7(9(2,3)4)5-13(12-6)8(10)11/h5,8H,1-4H3. The Morgan fingerprint density at radius 1 is 1.38 bits per heavy atom. The van der Waals surface area contributed by atoms with Crippen LogP contribution in [0.4, 0.5) is 8.78 Å². The molecule has 0 atom stereocenters. The summed E-state index contributed by atoms with van der Waals surface area (Å²) >= 11 is 0. The van der Waals surface area contributed by atoms with Gasteiger partial charge < -0.3 is 0 Å². The predicted molar refractivity (Wildman–Crippen MR) is 46.9 cm³/mol. The minimum absolute atomic E-state index is 0.128. The Labute approximate surface area is 76.6 Å². The van der Waals surface area contributed by atoms with Gasteiger partial charge in [0.25, 0.3) is 0 Å². The molecular formula is C9H14F2N2. The molecule has 2 nitrogen and oxygen atoms in total. The van der Waals surface area contributed by atoms with Crippen molar-refractivity contribution < 1.29 is 8.78 Å². The lowest BCUT2D eigenvalue weighted by atomic mass is 9.88. The molecule has 1 aromatic rings. The molecular weight excluding hydrogens is 174 g/mol. The largest absolute Gasteiger partial charge is 0.333 e. The minimum atomic E-state index is -2.55. The fourth-order valence-corrected chi connectivity index (χ4v) is 1.32. The third-order valence-corrected chi connectivity index (χ3v) is 1.92. The summed E-state index contributed by atoms with van der Waals surface area (Å²) in [4.78, 5) is 0. The van der Waals surface area contributed by atoms with Crippen LogP contribution in [0.25, 0.3) is 0 Å². The highest BCUT2D eigenvalue weighted by molar-refractivity contribution is 5.23. The number of nitrogens with zero attached hydrogens (tertiary/aromatic N) is 2. The Bertz CT molecular complexity index is 297. The average Bonchev–Trinajstić information content (AvgIpc) is 2.29. The molecule has 0 aliphatic heterocycles. The monoisotopic (exact) mass is 188 g/mol. The van der Waals surface area contributed by atoms with Gasteiger partial charge >= 0.3 is 6.55 Å².